The molecule has 0 unspecified atom stereocenters. The quantitative estimate of drug-likeness (QED) is 0.0552. The van der Waals surface area contributed by atoms with Crippen molar-refractivity contribution in [2.45, 2.75) is 127 Å². The van der Waals surface area contributed by atoms with Crippen LogP contribution in [0.1, 0.15) is 99.5 Å². The number of benzene rings is 4. The predicted molar refractivity (Wildman–Crippen MR) is 264 cm³/mol. The van der Waals surface area contributed by atoms with Gasteiger partial charge in [0.05, 0.1) is 35.6 Å². The number of carbonyl (C=O) groups excluding carboxylic acids is 7. The number of nitrogens with one attached hydrogen (secondary N) is 2. The highest BCUT2D eigenvalue weighted by Crippen LogP contribution is 2.64. The van der Waals surface area contributed by atoms with Gasteiger partial charge >= 0.3 is 29.8 Å². The summed E-state index contributed by atoms with van der Waals surface area (Å²) < 4.78 is 30.4. The number of rotatable bonds is 15. The van der Waals surface area contributed by atoms with E-state index in [4.69, 9.17) is 23.7 Å². The van der Waals surface area contributed by atoms with Gasteiger partial charge in [0.25, 0.3) is 5.91 Å². The maximum absolute atomic E-state index is 15.7. The molecule has 19 nitrogen and oxygen atoms in total. The molecule has 75 heavy (non-hydrogen) atoms. The molecule has 0 radical (unpaired) electrons. The fourth-order valence-electron chi connectivity index (χ4n) is 11.8. The van der Waals surface area contributed by atoms with Crippen molar-refractivity contribution in [2.75, 3.05) is 6.61 Å². The van der Waals surface area contributed by atoms with Crippen molar-refractivity contribution in [3.63, 3.8) is 0 Å². The smallest absolute Gasteiger partial charge is 0.338 e. The molecular weight excluding hydrogens is 973 g/mol. The van der Waals surface area contributed by atoms with Crippen molar-refractivity contribution in [1.82, 2.24) is 10.6 Å². The summed E-state index contributed by atoms with van der Waals surface area (Å²) in [6.07, 6.45) is -12.3. The van der Waals surface area contributed by atoms with Crippen LogP contribution in [0.2, 0.25) is 0 Å². The number of hydrogen-bond acceptors (Lipinski definition) is 16. The second-order valence-electron chi connectivity index (χ2n) is 20.5. The van der Waals surface area contributed by atoms with Gasteiger partial charge in [0.2, 0.25) is 5.91 Å². The van der Waals surface area contributed by atoms with Crippen molar-refractivity contribution in [3.05, 3.63) is 131 Å². The van der Waals surface area contributed by atoms with Gasteiger partial charge in [-0.05, 0) is 65.9 Å². The first-order valence-electron chi connectivity index (χ1n) is 24.6. The van der Waals surface area contributed by atoms with Gasteiger partial charge in [-0.2, -0.15) is 0 Å². The number of aliphatic carboxylic acids is 1. The molecule has 12 atom stereocenters. The molecule has 1 saturated heterocycles. The number of Topliss-reactive ketones (excluding diaryl/α,β-unsaturated/α-hetero) is 1. The molecule has 3 aliphatic carbocycles. The standard InChI is InChI=1S/C56H60N2O17/c1-29-38(73-52(69)44(64)43(33-17-9-7-10-18-33)58-50(67)37(24-25-41(62)63)57-49(66)36-23-15-21-32-16-13-14-22-35(32)36)27-56(70)48(74-51(68)34-19-11-8-12-20-34)46-54(6,39(61)26-40-55(46,28-71-40)75-31(3)60)47(65)45(72-30(2)59)42(29)53(56,4)5/h7-23,37-40,43-46,48,61,64,70H,24-28H2,1-6H3,(H,57,66)(H,58,67)(H,62,63)/t37-,38+,39+,40-,43+,44-,45-,46+,48+,54-,55+,56-/m1/s1. The van der Waals surface area contributed by atoms with Crippen molar-refractivity contribution in [2.24, 2.45) is 16.7 Å². The Morgan fingerprint density at radius 2 is 1.45 bits per heavy atom. The summed E-state index contributed by atoms with van der Waals surface area (Å²) in [5.74, 6) is -9.63. The van der Waals surface area contributed by atoms with Crippen LogP contribution in [0.5, 0.6) is 0 Å². The summed E-state index contributed by atoms with van der Waals surface area (Å²) in [6, 6.07) is 24.3. The molecule has 0 aromatic heterocycles. The number of esters is 4. The molecule has 1 aliphatic heterocycles. The first-order valence-corrected chi connectivity index (χ1v) is 24.6. The van der Waals surface area contributed by atoms with Gasteiger partial charge in [0.15, 0.2) is 23.6 Å². The van der Waals surface area contributed by atoms with Gasteiger partial charge in [-0.3, -0.25) is 28.8 Å². The number of amides is 2. The summed E-state index contributed by atoms with van der Waals surface area (Å²) in [5, 5.41) is 54.3. The number of aliphatic hydroxyl groups is 3. The number of ketones is 1. The monoisotopic (exact) mass is 1030 g/mol. The Morgan fingerprint density at radius 1 is 0.813 bits per heavy atom. The number of carbonyl (C=O) groups is 8. The van der Waals surface area contributed by atoms with Crippen LogP contribution in [0.15, 0.2) is 114 Å². The van der Waals surface area contributed by atoms with Gasteiger partial charge < -0.3 is 54.7 Å². The third-order valence-electron chi connectivity index (χ3n) is 15.8. The van der Waals surface area contributed by atoms with E-state index >= 15 is 4.79 Å². The third-order valence-corrected chi connectivity index (χ3v) is 15.8. The van der Waals surface area contributed by atoms with Gasteiger partial charge in [0.1, 0.15) is 30.0 Å². The predicted octanol–water partition coefficient (Wildman–Crippen LogP) is 4.24. The highest BCUT2D eigenvalue weighted by atomic mass is 16.6. The van der Waals surface area contributed by atoms with E-state index in [1.54, 1.807) is 78.9 Å². The van der Waals surface area contributed by atoms with E-state index in [1.807, 2.05) is 0 Å². The van der Waals surface area contributed by atoms with Gasteiger partial charge in [-0.15, -0.1) is 0 Å². The molecule has 396 valence electrons. The Bertz CT molecular complexity index is 2950. The lowest BCUT2D eigenvalue weighted by atomic mass is 9.44. The molecule has 6 N–H and O–H groups in total. The molecular formula is C56H60N2O17. The molecule has 4 aliphatic rings. The molecule has 4 aromatic carbocycles. The summed E-state index contributed by atoms with van der Waals surface area (Å²) in [4.78, 5) is 111. The first-order chi connectivity index (χ1) is 35.5. The number of carboxylic acid groups (broad SMARTS) is 1. The average molecular weight is 1030 g/mol. The molecule has 0 spiro atoms. The van der Waals surface area contributed by atoms with E-state index in [9.17, 15) is 54.0 Å². The normalized spacial score (nSPS) is 28.7. The zero-order valence-electron chi connectivity index (χ0n) is 42.1. The van der Waals surface area contributed by atoms with E-state index in [1.165, 1.54) is 52.0 Å². The highest BCUT2D eigenvalue weighted by molar-refractivity contribution is 6.08. The van der Waals surface area contributed by atoms with Crippen LogP contribution in [0.4, 0.5) is 0 Å². The van der Waals surface area contributed by atoms with Gasteiger partial charge in [-0.25, -0.2) is 9.59 Å². The Labute approximate surface area is 431 Å². The average Bonchev–Trinajstić information content (AvgIpc) is 3.39. The van der Waals surface area contributed by atoms with E-state index in [0.29, 0.717) is 5.39 Å². The molecule has 3 fully saturated rings. The molecule has 2 amide bonds. The van der Waals surface area contributed by atoms with Crippen LogP contribution in [0.3, 0.4) is 0 Å². The maximum Gasteiger partial charge on any atom is 0.338 e. The Kier molecular flexibility index (Phi) is 14.9. The van der Waals surface area contributed by atoms with Crippen molar-refractivity contribution in [3.8, 4) is 0 Å². The summed E-state index contributed by atoms with van der Waals surface area (Å²) in [7, 11) is 0. The molecule has 2 bridgehead atoms. The Balaban J connectivity index is 1.20. The van der Waals surface area contributed by atoms with E-state index in [0.717, 1.165) is 19.2 Å². The van der Waals surface area contributed by atoms with Crippen LogP contribution in [0, 0.1) is 16.7 Å². The molecule has 4 aromatic rings. The zero-order valence-corrected chi connectivity index (χ0v) is 42.1. The van der Waals surface area contributed by atoms with Crippen LogP contribution in [-0.4, -0.2) is 128 Å². The molecule has 8 rings (SSSR count). The first kappa shape index (κ1) is 54.0. The number of hydrogen-bond donors (Lipinski definition) is 6. The largest absolute Gasteiger partial charge is 0.481 e. The fraction of sp³-hybridized carbons (Fsp3) is 0.429. The van der Waals surface area contributed by atoms with E-state index < -0.39 is 143 Å². The van der Waals surface area contributed by atoms with Gasteiger partial charge in [0, 0.05) is 44.1 Å². The maximum atomic E-state index is 15.7. The summed E-state index contributed by atoms with van der Waals surface area (Å²) >= 11 is 0. The lowest BCUT2D eigenvalue weighted by molar-refractivity contribution is -0.346. The topological polar surface area (TPSA) is 288 Å². The van der Waals surface area contributed by atoms with Crippen molar-refractivity contribution < 1.29 is 82.5 Å². The van der Waals surface area contributed by atoms with E-state index in [-0.39, 0.29) is 40.9 Å². The Hall–Kier alpha value is -7.32. The second-order valence-corrected chi connectivity index (χ2v) is 20.5. The number of carboxylic acids is 1. The highest BCUT2D eigenvalue weighted by Gasteiger charge is 2.78. The number of ether oxygens (including phenoxy) is 5. The van der Waals surface area contributed by atoms with Crippen molar-refractivity contribution in [1.29, 1.82) is 0 Å². The Morgan fingerprint density at radius 3 is 2.08 bits per heavy atom. The summed E-state index contributed by atoms with van der Waals surface area (Å²) in [5.41, 5.74) is -7.83. The number of aliphatic hydroxyl groups excluding tert-OH is 2. The lowest BCUT2D eigenvalue weighted by Gasteiger charge is -2.67. The SMILES string of the molecule is CC(=O)O[C@H]1C(=O)[C@@]2(C)[C@H]([C@H](OC(=O)c3ccccc3)[C@]3(O)C[C@H](OC(=O)[C@H](O)[C@@H](NC(=O)[C@@H](CCC(=O)O)NC(=O)c4cccc5ccccc45)c4ccccc4)C(C)=C1C3(C)C)[C@]1(OC(C)=O)CO[C@@H]1C[C@@H]2O. The molecule has 2 saturated carbocycles. The van der Waals surface area contributed by atoms with E-state index in [2.05, 4.69) is 10.6 Å². The molecule has 19 heteroatoms. The van der Waals surface area contributed by atoms with Crippen LogP contribution < -0.4 is 10.6 Å². The van der Waals surface area contributed by atoms with Crippen molar-refractivity contribution >= 4 is 58.2 Å². The van der Waals surface area contributed by atoms with Gasteiger partial charge in [-0.1, -0.05) is 98.8 Å². The minimum Gasteiger partial charge on any atom is -0.481 e. The van der Waals surface area contributed by atoms with Crippen LogP contribution in [0.25, 0.3) is 10.8 Å². The lowest BCUT2D eigenvalue weighted by Crippen LogP contribution is -2.82. The minimum atomic E-state index is -2.50. The fourth-order valence-corrected chi connectivity index (χ4v) is 11.8. The number of fused-ring (bicyclic) bond motifs is 6. The molecule has 1 heterocycles. The third kappa shape index (κ3) is 9.69. The zero-order chi connectivity index (χ0) is 54.4. The second kappa shape index (κ2) is 20.8. The summed E-state index contributed by atoms with van der Waals surface area (Å²) in [6.45, 7) is 7.67. The van der Waals surface area contributed by atoms with Crippen LogP contribution >= 0.6 is 0 Å². The minimum absolute atomic E-state index is 0.0206. The van der Waals surface area contributed by atoms with Crippen LogP contribution in [-0.2, 0) is 52.5 Å².